The number of allylic oxidation sites excluding steroid dienone is 2. The number of benzene rings is 1. The summed E-state index contributed by atoms with van der Waals surface area (Å²) in [6.45, 7) is 8.99. The first-order chi connectivity index (χ1) is 7.99. The van der Waals surface area contributed by atoms with Crippen molar-refractivity contribution in [3.05, 3.63) is 34.9 Å². The van der Waals surface area contributed by atoms with Crippen molar-refractivity contribution >= 4 is 5.57 Å². The molecule has 1 heteroatoms. The van der Waals surface area contributed by atoms with E-state index in [1.807, 2.05) is 0 Å². The molecule has 1 aromatic carbocycles. The van der Waals surface area contributed by atoms with E-state index in [0.717, 1.165) is 18.6 Å². The van der Waals surface area contributed by atoms with Crippen LogP contribution in [0.25, 0.3) is 5.57 Å². The Morgan fingerprint density at radius 3 is 2.59 bits per heavy atom. The highest BCUT2D eigenvalue weighted by Gasteiger charge is 2.28. The number of ether oxygens (including phenoxy) is 1. The predicted molar refractivity (Wildman–Crippen MR) is 73.6 cm³/mol. The molecular weight excluding hydrogens is 208 g/mol. The third kappa shape index (κ3) is 1.99. The van der Waals surface area contributed by atoms with E-state index in [2.05, 4.69) is 45.9 Å². The lowest BCUT2D eigenvalue weighted by atomic mass is 9.72. The van der Waals surface area contributed by atoms with E-state index in [4.69, 9.17) is 4.74 Å². The normalized spacial score (nSPS) is 17.4. The smallest absolute Gasteiger partial charge is 0.122 e. The average molecular weight is 230 g/mol. The van der Waals surface area contributed by atoms with Crippen LogP contribution in [-0.2, 0) is 5.41 Å². The minimum Gasteiger partial charge on any atom is -0.496 e. The van der Waals surface area contributed by atoms with Crippen LogP contribution in [0.2, 0.25) is 0 Å². The first-order valence-corrected chi connectivity index (χ1v) is 6.38. The molecule has 0 amide bonds. The third-order valence-corrected chi connectivity index (χ3v) is 3.85. The molecule has 0 spiro atoms. The molecule has 0 aliphatic heterocycles. The number of aryl methyl sites for hydroxylation is 1. The molecule has 17 heavy (non-hydrogen) atoms. The summed E-state index contributed by atoms with van der Waals surface area (Å²) in [6, 6.07) is 4.51. The van der Waals surface area contributed by atoms with E-state index in [-0.39, 0.29) is 5.41 Å². The summed E-state index contributed by atoms with van der Waals surface area (Å²) in [7, 11) is 1.75. The molecule has 0 radical (unpaired) electrons. The summed E-state index contributed by atoms with van der Waals surface area (Å²) in [5.41, 5.74) is 5.78. The summed E-state index contributed by atoms with van der Waals surface area (Å²) in [5.74, 6) is 1.00. The van der Waals surface area contributed by atoms with Gasteiger partial charge in [0.15, 0.2) is 0 Å². The summed E-state index contributed by atoms with van der Waals surface area (Å²) >= 11 is 0. The van der Waals surface area contributed by atoms with Gasteiger partial charge in [0.05, 0.1) is 7.11 Å². The van der Waals surface area contributed by atoms with Crippen molar-refractivity contribution in [2.24, 2.45) is 0 Å². The van der Waals surface area contributed by atoms with Gasteiger partial charge in [-0.15, -0.1) is 0 Å². The lowest BCUT2D eigenvalue weighted by Crippen LogP contribution is -2.21. The predicted octanol–water partition coefficient (Wildman–Crippen LogP) is 4.48. The largest absolute Gasteiger partial charge is 0.496 e. The zero-order valence-electron chi connectivity index (χ0n) is 11.6. The van der Waals surface area contributed by atoms with Crippen LogP contribution in [0.1, 0.15) is 50.3 Å². The van der Waals surface area contributed by atoms with Gasteiger partial charge >= 0.3 is 0 Å². The molecule has 0 heterocycles. The number of rotatable bonds is 2. The Kier molecular flexibility index (Phi) is 3.03. The van der Waals surface area contributed by atoms with Crippen molar-refractivity contribution in [3.8, 4) is 5.75 Å². The second-order valence-electron chi connectivity index (χ2n) is 5.54. The van der Waals surface area contributed by atoms with Crippen molar-refractivity contribution in [1.82, 2.24) is 0 Å². The molecule has 0 atom stereocenters. The summed E-state index contributed by atoms with van der Waals surface area (Å²) < 4.78 is 5.44. The van der Waals surface area contributed by atoms with Crippen LogP contribution < -0.4 is 4.74 Å². The number of hydrogen-bond acceptors (Lipinski definition) is 1. The first kappa shape index (κ1) is 12.2. The number of hydrogen-bond donors (Lipinski definition) is 0. The Bertz CT molecular complexity index is 467. The van der Waals surface area contributed by atoms with Crippen molar-refractivity contribution in [1.29, 1.82) is 0 Å². The highest BCUT2D eigenvalue weighted by molar-refractivity contribution is 5.73. The Morgan fingerprint density at radius 1 is 1.29 bits per heavy atom. The second kappa shape index (κ2) is 4.21. The minimum absolute atomic E-state index is 0.241. The van der Waals surface area contributed by atoms with E-state index in [1.54, 1.807) is 7.11 Å². The number of methoxy groups -OCH3 is 1. The Hall–Kier alpha value is -1.24. The van der Waals surface area contributed by atoms with Crippen LogP contribution in [0.15, 0.2) is 18.2 Å². The van der Waals surface area contributed by atoms with Gasteiger partial charge in [-0.3, -0.25) is 0 Å². The van der Waals surface area contributed by atoms with Gasteiger partial charge in [-0.25, -0.2) is 0 Å². The van der Waals surface area contributed by atoms with Gasteiger partial charge in [0.25, 0.3) is 0 Å². The maximum absolute atomic E-state index is 5.44. The van der Waals surface area contributed by atoms with Gasteiger partial charge in [0, 0.05) is 0 Å². The van der Waals surface area contributed by atoms with Gasteiger partial charge < -0.3 is 4.74 Å². The average Bonchev–Trinajstić information content (AvgIpc) is 2.29. The monoisotopic (exact) mass is 230 g/mol. The Balaban J connectivity index is 2.65. The standard InChI is InChI=1S/C16H22O/c1-6-12-7-8-16(3,4)14-9-11(2)15(17-5)10-13(12)14/h7,9-10H,6,8H2,1-5H3. The molecule has 1 aromatic rings. The fourth-order valence-corrected chi connectivity index (χ4v) is 2.67. The molecule has 0 unspecified atom stereocenters. The van der Waals surface area contributed by atoms with E-state index in [9.17, 15) is 0 Å². The third-order valence-electron chi connectivity index (χ3n) is 3.85. The van der Waals surface area contributed by atoms with E-state index >= 15 is 0 Å². The summed E-state index contributed by atoms with van der Waals surface area (Å²) in [4.78, 5) is 0. The molecule has 0 saturated carbocycles. The molecule has 92 valence electrons. The first-order valence-electron chi connectivity index (χ1n) is 6.38. The summed E-state index contributed by atoms with van der Waals surface area (Å²) in [6.07, 6.45) is 4.61. The van der Waals surface area contributed by atoms with E-state index < -0.39 is 0 Å². The lowest BCUT2D eigenvalue weighted by Gasteiger charge is -2.32. The van der Waals surface area contributed by atoms with Gasteiger partial charge in [-0.2, -0.15) is 0 Å². The van der Waals surface area contributed by atoms with Crippen molar-refractivity contribution in [3.63, 3.8) is 0 Å². The SMILES string of the molecule is CCC1=CCC(C)(C)c2cc(C)c(OC)cc21. The fourth-order valence-electron chi connectivity index (χ4n) is 2.67. The van der Waals surface area contributed by atoms with Gasteiger partial charge in [-0.05, 0) is 53.5 Å². The van der Waals surface area contributed by atoms with Crippen molar-refractivity contribution in [2.75, 3.05) is 7.11 Å². The fraction of sp³-hybridized carbons (Fsp3) is 0.500. The van der Waals surface area contributed by atoms with Gasteiger partial charge in [-0.1, -0.05) is 32.9 Å². The van der Waals surface area contributed by atoms with Crippen LogP contribution in [0.5, 0.6) is 5.75 Å². The molecule has 0 saturated heterocycles. The second-order valence-corrected chi connectivity index (χ2v) is 5.54. The quantitative estimate of drug-likeness (QED) is 0.728. The molecule has 2 rings (SSSR count). The van der Waals surface area contributed by atoms with Gasteiger partial charge in [0.1, 0.15) is 5.75 Å². The van der Waals surface area contributed by atoms with Crippen LogP contribution in [0.3, 0.4) is 0 Å². The van der Waals surface area contributed by atoms with Crippen LogP contribution >= 0.6 is 0 Å². The molecule has 1 nitrogen and oxygen atoms in total. The molecule has 0 aromatic heterocycles. The highest BCUT2D eigenvalue weighted by atomic mass is 16.5. The summed E-state index contributed by atoms with van der Waals surface area (Å²) in [5, 5.41) is 0. The molecule has 0 fully saturated rings. The van der Waals surface area contributed by atoms with Gasteiger partial charge in [0.2, 0.25) is 0 Å². The molecule has 1 aliphatic carbocycles. The minimum atomic E-state index is 0.241. The Labute approximate surface area is 104 Å². The van der Waals surface area contributed by atoms with E-state index in [1.165, 1.54) is 22.3 Å². The molecule has 1 aliphatic rings. The molecule has 0 N–H and O–H groups in total. The van der Waals surface area contributed by atoms with Crippen LogP contribution in [0, 0.1) is 6.92 Å². The van der Waals surface area contributed by atoms with Crippen LogP contribution in [-0.4, -0.2) is 7.11 Å². The zero-order valence-corrected chi connectivity index (χ0v) is 11.6. The van der Waals surface area contributed by atoms with Crippen molar-refractivity contribution < 1.29 is 4.74 Å². The van der Waals surface area contributed by atoms with Crippen molar-refractivity contribution in [2.45, 2.75) is 46.0 Å². The highest BCUT2D eigenvalue weighted by Crippen LogP contribution is 2.42. The lowest BCUT2D eigenvalue weighted by molar-refractivity contribution is 0.410. The maximum atomic E-state index is 5.44. The van der Waals surface area contributed by atoms with E-state index in [0.29, 0.717) is 0 Å². The maximum Gasteiger partial charge on any atom is 0.122 e. The molecule has 0 bridgehead atoms. The topological polar surface area (TPSA) is 9.23 Å². The number of fused-ring (bicyclic) bond motifs is 1. The molecular formula is C16H22O. The Morgan fingerprint density at radius 2 is 2.00 bits per heavy atom. The van der Waals surface area contributed by atoms with Crippen LogP contribution in [0.4, 0.5) is 0 Å². The zero-order chi connectivity index (χ0) is 12.6.